The molecule has 0 aromatic carbocycles. The van der Waals surface area contributed by atoms with Gasteiger partial charge in [0.05, 0.1) is 0 Å². The van der Waals surface area contributed by atoms with E-state index in [2.05, 4.69) is 5.16 Å². The van der Waals surface area contributed by atoms with Crippen LogP contribution in [-0.4, -0.2) is 68.6 Å². The summed E-state index contributed by atoms with van der Waals surface area (Å²) in [6, 6.07) is 0. The van der Waals surface area contributed by atoms with E-state index in [9.17, 15) is 13.2 Å². The van der Waals surface area contributed by atoms with Crippen LogP contribution in [0.4, 0.5) is 0 Å². The highest BCUT2D eigenvalue weighted by molar-refractivity contribution is 7.89. The predicted molar refractivity (Wildman–Crippen MR) is 98.7 cm³/mol. The fourth-order valence-electron chi connectivity index (χ4n) is 4.29. The van der Waals surface area contributed by atoms with Crippen LogP contribution >= 0.6 is 0 Å². The molecular weight excluding hydrogens is 370 g/mol. The van der Waals surface area contributed by atoms with Gasteiger partial charge in [0.15, 0.2) is 5.76 Å². The molecule has 9 heteroatoms. The number of aromatic nitrogens is 1. The number of hydrogen-bond donors (Lipinski definition) is 0. The van der Waals surface area contributed by atoms with Gasteiger partial charge in [0.2, 0.25) is 15.9 Å². The molecule has 2 aliphatic rings. The molecule has 1 aromatic rings. The van der Waals surface area contributed by atoms with Crippen LogP contribution in [0.2, 0.25) is 0 Å². The highest BCUT2D eigenvalue weighted by Gasteiger charge is 2.43. The van der Waals surface area contributed by atoms with Gasteiger partial charge in [-0.25, -0.2) is 8.42 Å². The summed E-state index contributed by atoms with van der Waals surface area (Å²) >= 11 is 0. The first kappa shape index (κ1) is 20.3. The van der Waals surface area contributed by atoms with Crippen molar-refractivity contribution in [2.45, 2.75) is 50.8 Å². The van der Waals surface area contributed by atoms with Gasteiger partial charge >= 0.3 is 0 Å². The number of nitrogens with zero attached hydrogens (tertiary/aromatic N) is 3. The van der Waals surface area contributed by atoms with Gasteiger partial charge in [0, 0.05) is 46.3 Å². The second kappa shape index (κ2) is 7.89. The van der Waals surface area contributed by atoms with E-state index in [-0.39, 0.29) is 16.2 Å². The van der Waals surface area contributed by atoms with Gasteiger partial charge in [-0.1, -0.05) is 5.16 Å². The van der Waals surface area contributed by atoms with E-state index in [0.717, 1.165) is 32.2 Å². The van der Waals surface area contributed by atoms with E-state index in [1.165, 1.54) is 4.31 Å². The first-order chi connectivity index (χ1) is 12.8. The van der Waals surface area contributed by atoms with Crippen LogP contribution in [0, 0.1) is 19.3 Å². The molecule has 8 nitrogen and oxygen atoms in total. The van der Waals surface area contributed by atoms with E-state index < -0.39 is 10.0 Å². The van der Waals surface area contributed by atoms with Crippen LogP contribution in [0.25, 0.3) is 0 Å². The lowest BCUT2D eigenvalue weighted by Gasteiger charge is -2.47. The average Bonchev–Trinajstić information content (AvgIpc) is 2.98. The molecule has 0 aliphatic carbocycles. The molecule has 0 atom stereocenters. The maximum atomic E-state index is 13.0. The highest BCUT2D eigenvalue weighted by Crippen LogP contribution is 2.41. The topological polar surface area (TPSA) is 93.0 Å². The summed E-state index contributed by atoms with van der Waals surface area (Å²) in [5.41, 5.74) is 0.423. The Morgan fingerprint density at radius 2 is 1.93 bits per heavy atom. The largest absolute Gasteiger partial charge is 0.385 e. The van der Waals surface area contributed by atoms with Gasteiger partial charge in [0.1, 0.15) is 10.6 Å². The monoisotopic (exact) mass is 399 g/mol. The van der Waals surface area contributed by atoms with Crippen LogP contribution in [0.1, 0.15) is 43.6 Å². The molecule has 0 N–H and O–H groups in total. The number of aryl methyl sites for hydroxylation is 2. The third-order valence-corrected chi connectivity index (χ3v) is 8.02. The SMILES string of the molecule is COCCCN1CC2(CCC1=O)CCN(S(=O)(=O)c1c(C)noc1C)CC2. The molecule has 1 spiro atoms. The average molecular weight is 400 g/mol. The molecule has 3 rings (SSSR count). The number of rotatable bonds is 6. The molecule has 0 saturated carbocycles. The van der Waals surface area contributed by atoms with E-state index in [4.69, 9.17) is 9.26 Å². The lowest BCUT2D eigenvalue weighted by Crippen LogP contribution is -2.52. The summed E-state index contributed by atoms with van der Waals surface area (Å²) in [6.07, 6.45) is 3.74. The minimum Gasteiger partial charge on any atom is -0.385 e. The molecule has 0 radical (unpaired) electrons. The van der Waals surface area contributed by atoms with Crippen LogP contribution in [0.15, 0.2) is 9.42 Å². The van der Waals surface area contributed by atoms with Gasteiger partial charge in [-0.15, -0.1) is 0 Å². The van der Waals surface area contributed by atoms with Crippen LogP contribution in [0.5, 0.6) is 0 Å². The van der Waals surface area contributed by atoms with Crippen LogP contribution in [0.3, 0.4) is 0 Å². The van der Waals surface area contributed by atoms with E-state index in [1.807, 2.05) is 4.90 Å². The maximum Gasteiger partial charge on any atom is 0.248 e. The van der Waals surface area contributed by atoms with Crippen molar-refractivity contribution in [1.82, 2.24) is 14.4 Å². The van der Waals surface area contributed by atoms with E-state index in [0.29, 0.717) is 44.1 Å². The number of ether oxygens (including phenoxy) is 1. The highest BCUT2D eigenvalue weighted by atomic mass is 32.2. The summed E-state index contributed by atoms with van der Waals surface area (Å²) in [7, 11) is -1.94. The second-order valence-corrected chi connectivity index (χ2v) is 9.59. The number of amides is 1. The quantitative estimate of drug-likeness (QED) is 0.676. The van der Waals surface area contributed by atoms with Gasteiger partial charge in [0.25, 0.3) is 0 Å². The summed E-state index contributed by atoms with van der Waals surface area (Å²) in [5, 5.41) is 3.78. The number of sulfonamides is 1. The molecule has 152 valence electrons. The third kappa shape index (κ3) is 4.05. The summed E-state index contributed by atoms with van der Waals surface area (Å²) in [6.45, 7) is 6.27. The molecule has 27 heavy (non-hydrogen) atoms. The Kier molecular flexibility index (Phi) is 5.93. The molecule has 1 amide bonds. The first-order valence-corrected chi connectivity index (χ1v) is 10.9. The van der Waals surface area contributed by atoms with Gasteiger partial charge in [-0.05, 0) is 44.9 Å². The zero-order valence-electron chi connectivity index (χ0n) is 16.4. The van der Waals surface area contributed by atoms with Crippen LogP contribution < -0.4 is 0 Å². The number of hydrogen-bond acceptors (Lipinski definition) is 6. The zero-order chi connectivity index (χ0) is 19.7. The minimum atomic E-state index is -3.60. The van der Waals surface area contributed by atoms with Crippen molar-refractivity contribution in [2.75, 3.05) is 39.9 Å². The Balaban J connectivity index is 1.66. The third-order valence-electron chi connectivity index (χ3n) is 5.87. The molecule has 2 aliphatic heterocycles. The molecular formula is C18H29N3O5S. The molecule has 2 fully saturated rings. The van der Waals surface area contributed by atoms with Crippen molar-refractivity contribution in [2.24, 2.45) is 5.41 Å². The number of methoxy groups -OCH3 is 1. The first-order valence-electron chi connectivity index (χ1n) is 9.49. The van der Waals surface area contributed by atoms with Gasteiger partial charge in [-0.2, -0.15) is 4.31 Å². The number of carbonyl (C=O) groups excluding carboxylic acids is 1. The fraction of sp³-hybridized carbons (Fsp3) is 0.778. The standard InChI is InChI=1S/C18H29N3O5S/c1-14-17(15(2)26-19-14)27(23,24)21-10-7-18(8-11-21)6-5-16(22)20(13-18)9-4-12-25-3/h4-13H2,1-3H3. The summed E-state index contributed by atoms with van der Waals surface area (Å²) < 4.78 is 37.7. The predicted octanol–water partition coefficient (Wildman–Crippen LogP) is 1.72. The Labute approximate surface area is 160 Å². The van der Waals surface area contributed by atoms with Crippen molar-refractivity contribution < 1.29 is 22.5 Å². The summed E-state index contributed by atoms with van der Waals surface area (Å²) in [5.74, 6) is 0.530. The second-order valence-electron chi connectivity index (χ2n) is 7.72. The van der Waals surface area contributed by atoms with E-state index in [1.54, 1.807) is 21.0 Å². The van der Waals surface area contributed by atoms with Crippen molar-refractivity contribution >= 4 is 15.9 Å². The molecule has 2 saturated heterocycles. The molecule has 0 unspecified atom stereocenters. The van der Waals surface area contributed by atoms with Crippen molar-refractivity contribution in [3.05, 3.63) is 11.5 Å². The minimum absolute atomic E-state index is 0.0196. The molecule has 3 heterocycles. The van der Waals surface area contributed by atoms with Crippen molar-refractivity contribution in [3.63, 3.8) is 0 Å². The normalized spacial score (nSPS) is 21.1. The van der Waals surface area contributed by atoms with Crippen molar-refractivity contribution in [3.8, 4) is 0 Å². The number of piperidine rings is 2. The Hall–Kier alpha value is -1.45. The van der Waals surface area contributed by atoms with E-state index >= 15 is 0 Å². The Morgan fingerprint density at radius 1 is 1.22 bits per heavy atom. The Morgan fingerprint density at radius 3 is 2.52 bits per heavy atom. The molecule has 1 aromatic heterocycles. The number of carbonyl (C=O) groups is 1. The lowest BCUT2D eigenvalue weighted by atomic mass is 9.72. The Bertz CT molecular complexity index is 761. The lowest BCUT2D eigenvalue weighted by molar-refractivity contribution is -0.139. The number of likely N-dealkylation sites (tertiary alicyclic amines) is 1. The molecule has 0 bridgehead atoms. The van der Waals surface area contributed by atoms with Crippen LogP contribution in [-0.2, 0) is 19.6 Å². The maximum absolute atomic E-state index is 13.0. The van der Waals surface area contributed by atoms with Gasteiger partial charge in [-0.3, -0.25) is 4.79 Å². The van der Waals surface area contributed by atoms with Gasteiger partial charge < -0.3 is 14.2 Å². The smallest absolute Gasteiger partial charge is 0.248 e. The zero-order valence-corrected chi connectivity index (χ0v) is 17.2. The fourth-order valence-corrected chi connectivity index (χ4v) is 6.02. The summed E-state index contributed by atoms with van der Waals surface area (Å²) in [4.78, 5) is 14.4. The van der Waals surface area contributed by atoms with Crippen molar-refractivity contribution in [1.29, 1.82) is 0 Å².